The van der Waals surface area contributed by atoms with Crippen LogP contribution in [0.1, 0.15) is 24.4 Å². The Morgan fingerprint density at radius 1 is 1.03 bits per heavy atom. The van der Waals surface area contributed by atoms with Crippen molar-refractivity contribution in [3.63, 3.8) is 0 Å². The van der Waals surface area contributed by atoms with Gasteiger partial charge in [-0.3, -0.25) is 9.59 Å². The van der Waals surface area contributed by atoms with Crippen LogP contribution in [0.15, 0.2) is 82.4 Å². The summed E-state index contributed by atoms with van der Waals surface area (Å²) in [6.45, 7) is 2.12. The van der Waals surface area contributed by atoms with Crippen molar-refractivity contribution in [3.05, 3.63) is 105 Å². The molecule has 0 aliphatic carbocycles. The van der Waals surface area contributed by atoms with E-state index in [9.17, 15) is 14.0 Å². The number of aromatic nitrogens is 2. The van der Waals surface area contributed by atoms with Crippen LogP contribution in [0.3, 0.4) is 0 Å². The number of hydrogen-bond donors (Lipinski definition) is 0. The van der Waals surface area contributed by atoms with Crippen LogP contribution in [0, 0.1) is 5.82 Å². The third-order valence-electron chi connectivity index (χ3n) is 6.72. The van der Waals surface area contributed by atoms with Crippen molar-refractivity contribution in [2.24, 2.45) is 4.99 Å². The molecule has 6 rings (SSSR count). The topological polar surface area (TPSA) is 76.8 Å². The first kappa shape index (κ1) is 24.4. The number of benzene rings is 3. The number of nitrogens with zero attached hydrogens (tertiary/aromatic N) is 4. The molecule has 0 N–H and O–H groups in total. The minimum atomic E-state index is -0.719. The molecule has 1 saturated heterocycles. The van der Waals surface area contributed by atoms with E-state index in [4.69, 9.17) is 9.84 Å². The zero-order valence-electron chi connectivity index (χ0n) is 20.3. The molecular formula is C29H22BrFN4O3. The number of amides is 2. The van der Waals surface area contributed by atoms with E-state index in [1.54, 1.807) is 28.6 Å². The molecule has 0 saturated carbocycles. The Labute approximate surface area is 226 Å². The third kappa shape index (κ3) is 4.59. The minimum Gasteiger partial charge on any atom is -0.339 e. The van der Waals surface area contributed by atoms with Gasteiger partial charge in [0, 0.05) is 34.1 Å². The van der Waals surface area contributed by atoms with Crippen molar-refractivity contribution in [3.8, 4) is 16.8 Å². The Hall–Kier alpha value is -3.95. The molecule has 7 nitrogen and oxygen atoms in total. The lowest BCUT2D eigenvalue weighted by Crippen LogP contribution is -2.33. The zero-order chi connectivity index (χ0) is 26.4. The lowest BCUT2D eigenvalue weighted by atomic mass is 10.0. The summed E-state index contributed by atoms with van der Waals surface area (Å²) < 4.78 is 22.6. The second-order valence-electron chi connectivity index (χ2n) is 9.26. The molecule has 38 heavy (non-hydrogen) atoms. The average molecular weight is 573 g/mol. The van der Waals surface area contributed by atoms with Crippen molar-refractivity contribution >= 4 is 33.8 Å². The summed E-state index contributed by atoms with van der Waals surface area (Å²) in [5, 5.41) is 6.30. The van der Waals surface area contributed by atoms with Gasteiger partial charge in [0.1, 0.15) is 17.6 Å². The van der Waals surface area contributed by atoms with E-state index in [-0.39, 0.29) is 17.6 Å². The van der Waals surface area contributed by atoms with E-state index in [1.807, 2.05) is 48.7 Å². The molecule has 2 amide bonds. The largest absolute Gasteiger partial charge is 0.339 e. The summed E-state index contributed by atoms with van der Waals surface area (Å²) in [6, 6.07) is 19.6. The van der Waals surface area contributed by atoms with Gasteiger partial charge in [-0.1, -0.05) is 40.2 Å². The number of rotatable bonds is 6. The lowest BCUT2D eigenvalue weighted by Gasteiger charge is -2.22. The summed E-state index contributed by atoms with van der Waals surface area (Å²) in [5.74, 6) is -0.727. The Kier molecular flexibility index (Phi) is 6.25. The van der Waals surface area contributed by atoms with Crippen LogP contribution in [-0.4, -0.2) is 39.1 Å². The lowest BCUT2D eigenvalue weighted by molar-refractivity contribution is -0.130. The van der Waals surface area contributed by atoms with Crippen LogP contribution < -0.4 is 10.6 Å². The molecule has 0 spiro atoms. The number of hydrogen-bond acceptors (Lipinski definition) is 4. The highest BCUT2D eigenvalue weighted by atomic mass is 79.9. The molecule has 0 unspecified atom stereocenters. The number of ether oxygens (including phenoxy) is 1. The van der Waals surface area contributed by atoms with E-state index >= 15 is 0 Å². The normalized spacial score (nSPS) is 18.4. The van der Waals surface area contributed by atoms with Gasteiger partial charge in [-0.05, 0) is 66.9 Å². The smallest absolute Gasteiger partial charge is 0.270 e. The highest BCUT2D eigenvalue weighted by Gasteiger charge is 2.41. The maximum Gasteiger partial charge on any atom is 0.270 e. The second-order valence-corrected chi connectivity index (χ2v) is 10.2. The summed E-state index contributed by atoms with van der Waals surface area (Å²) in [4.78, 5) is 30.5. The second kappa shape index (κ2) is 9.74. The van der Waals surface area contributed by atoms with Gasteiger partial charge < -0.3 is 9.64 Å². The van der Waals surface area contributed by atoms with Gasteiger partial charge in [0.05, 0.1) is 11.0 Å². The maximum atomic E-state index is 13.7. The third-order valence-corrected chi connectivity index (χ3v) is 7.24. The van der Waals surface area contributed by atoms with Gasteiger partial charge in [0.15, 0.2) is 6.23 Å². The fourth-order valence-corrected chi connectivity index (χ4v) is 5.02. The fourth-order valence-electron chi connectivity index (χ4n) is 4.76. The Morgan fingerprint density at radius 3 is 2.55 bits per heavy atom. The molecule has 0 radical (unpaired) electrons. The van der Waals surface area contributed by atoms with Crippen LogP contribution >= 0.6 is 15.9 Å². The zero-order valence-corrected chi connectivity index (χ0v) is 21.9. The van der Waals surface area contributed by atoms with Gasteiger partial charge in [-0.2, -0.15) is 5.10 Å². The van der Waals surface area contributed by atoms with Crippen LogP contribution in [0.2, 0.25) is 0 Å². The SMILES string of the molecule is C[C@@H]1O[C@@H](c2nn(-c3ccc(Br)cc3)cc2-c2ccc(F)cc2)N(CCc2ccc3c(c2)=NC(=O)C=3)C1=O. The summed E-state index contributed by atoms with van der Waals surface area (Å²) in [6.07, 6.45) is 2.57. The first-order chi connectivity index (χ1) is 18.4. The van der Waals surface area contributed by atoms with Crippen molar-refractivity contribution in [2.45, 2.75) is 25.7 Å². The maximum absolute atomic E-state index is 13.7. The van der Waals surface area contributed by atoms with E-state index in [1.165, 1.54) is 18.2 Å². The number of halogens is 2. The Balaban J connectivity index is 1.36. The average Bonchev–Trinajstić information content (AvgIpc) is 3.58. The van der Waals surface area contributed by atoms with Crippen molar-refractivity contribution in [2.75, 3.05) is 6.54 Å². The molecular weight excluding hydrogens is 551 g/mol. The summed E-state index contributed by atoms with van der Waals surface area (Å²) in [7, 11) is 0. The highest BCUT2D eigenvalue weighted by Crippen LogP contribution is 2.37. The first-order valence-electron chi connectivity index (χ1n) is 12.2. The summed E-state index contributed by atoms with van der Waals surface area (Å²) in [5.41, 5.74) is 3.87. The Bertz CT molecular complexity index is 1680. The molecule has 2 aliphatic rings. The van der Waals surface area contributed by atoms with Gasteiger partial charge in [0.25, 0.3) is 11.8 Å². The van der Waals surface area contributed by atoms with E-state index < -0.39 is 12.3 Å². The van der Waals surface area contributed by atoms with Crippen LogP contribution in [0.5, 0.6) is 0 Å². The predicted molar refractivity (Wildman–Crippen MR) is 142 cm³/mol. The summed E-state index contributed by atoms with van der Waals surface area (Å²) >= 11 is 3.46. The molecule has 4 aromatic rings. The van der Waals surface area contributed by atoms with Gasteiger partial charge in [0.2, 0.25) is 0 Å². The van der Waals surface area contributed by atoms with Crippen molar-refractivity contribution < 1.29 is 18.7 Å². The van der Waals surface area contributed by atoms with Gasteiger partial charge in [-0.25, -0.2) is 14.1 Å². The number of fused-ring (bicyclic) bond motifs is 1. The molecule has 3 aromatic carbocycles. The first-order valence-corrected chi connectivity index (χ1v) is 13.0. The van der Waals surface area contributed by atoms with Gasteiger partial charge >= 0.3 is 0 Å². The predicted octanol–water partition coefficient (Wildman–Crippen LogP) is 3.87. The quantitative estimate of drug-likeness (QED) is 0.351. The van der Waals surface area contributed by atoms with Crippen molar-refractivity contribution in [1.29, 1.82) is 0 Å². The van der Waals surface area contributed by atoms with Gasteiger partial charge in [-0.15, -0.1) is 0 Å². The van der Waals surface area contributed by atoms with E-state index in [0.29, 0.717) is 24.0 Å². The van der Waals surface area contributed by atoms with Crippen molar-refractivity contribution in [1.82, 2.24) is 14.7 Å². The molecule has 0 bridgehead atoms. The molecule has 1 fully saturated rings. The fraction of sp³-hybridized carbons (Fsp3) is 0.172. The standard InChI is InChI=1S/C29H22BrFN4O3/c1-17-28(37)34(13-12-18-2-3-20-15-26(36)32-25(20)14-18)29(38-17)27-24(19-4-8-22(31)9-5-19)16-35(33-27)23-10-6-21(30)7-11-23/h2-11,14-17,29H,12-13H2,1H3/t17-,29-/m0/s1. The molecule has 3 heterocycles. The number of carbonyl (C=O) groups excluding carboxylic acids is 2. The van der Waals surface area contributed by atoms with E-state index in [2.05, 4.69) is 20.9 Å². The Morgan fingerprint density at radius 2 is 1.79 bits per heavy atom. The number of carbonyl (C=O) groups is 2. The van der Waals surface area contributed by atoms with Crippen LogP contribution in [0.4, 0.5) is 4.39 Å². The molecule has 2 atom stereocenters. The van der Waals surface area contributed by atoms with Crippen LogP contribution in [0.25, 0.3) is 22.9 Å². The molecule has 2 aliphatic heterocycles. The molecule has 9 heteroatoms. The highest BCUT2D eigenvalue weighted by molar-refractivity contribution is 9.10. The molecule has 1 aromatic heterocycles. The monoisotopic (exact) mass is 572 g/mol. The minimum absolute atomic E-state index is 0.132. The molecule has 190 valence electrons. The van der Waals surface area contributed by atoms with Crippen LogP contribution in [-0.2, 0) is 20.7 Å². The van der Waals surface area contributed by atoms with E-state index in [0.717, 1.165) is 32.1 Å².